The zero-order chi connectivity index (χ0) is 14.8. The molecule has 6 nitrogen and oxygen atoms in total. The van der Waals surface area contributed by atoms with E-state index < -0.39 is 10.0 Å². The lowest BCUT2D eigenvalue weighted by Crippen LogP contribution is -2.44. The average molecular weight is 301 g/mol. The molecule has 0 spiro atoms. The van der Waals surface area contributed by atoms with Crippen molar-refractivity contribution < 1.29 is 13.5 Å². The number of aliphatic hydroxyl groups is 1. The highest BCUT2D eigenvalue weighted by Crippen LogP contribution is 2.29. The minimum Gasteiger partial charge on any atom is -0.396 e. The van der Waals surface area contributed by atoms with Gasteiger partial charge >= 0.3 is 0 Å². The number of imidazole rings is 1. The molecule has 0 amide bonds. The molecule has 0 bridgehead atoms. The van der Waals surface area contributed by atoms with E-state index >= 15 is 0 Å². The molecule has 0 atom stereocenters. The van der Waals surface area contributed by atoms with Crippen LogP contribution in [0.2, 0.25) is 0 Å². The van der Waals surface area contributed by atoms with Crippen LogP contribution in [-0.2, 0) is 16.6 Å². The lowest BCUT2D eigenvalue weighted by Gasteiger charge is -2.35. The van der Waals surface area contributed by atoms with Crippen molar-refractivity contribution in [2.24, 2.45) is 0 Å². The molecule has 0 unspecified atom stereocenters. The molecule has 114 valence electrons. The molecule has 0 aromatic carbocycles. The fraction of sp³-hybridized carbons (Fsp3) is 0.769. The van der Waals surface area contributed by atoms with Crippen molar-refractivity contribution in [3.8, 4) is 0 Å². The van der Waals surface area contributed by atoms with Gasteiger partial charge in [-0.25, -0.2) is 13.4 Å². The van der Waals surface area contributed by atoms with Crippen LogP contribution in [-0.4, -0.2) is 46.6 Å². The molecule has 20 heavy (non-hydrogen) atoms. The van der Waals surface area contributed by atoms with Crippen LogP contribution in [0.3, 0.4) is 0 Å². The summed E-state index contributed by atoms with van der Waals surface area (Å²) in [5.74, 6) is 0.710. The van der Waals surface area contributed by atoms with E-state index in [9.17, 15) is 8.42 Å². The Morgan fingerprint density at radius 2 is 2.20 bits per heavy atom. The quantitative estimate of drug-likeness (QED) is 0.819. The lowest BCUT2D eigenvalue weighted by atomic mass is 9.93. The van der Waals surface area contributed by atoms with Gasteiger partial charge in [-0.2, -0.15) is 4.31 Å². The Balaban J connectivity index is 2.28. The van der Waals surface area contributed by atoms with Gasteiger partial charge in [-0.05, 0) is 33.1 Å². The van der Waals surface area contributed by atoms with Gasteiger partial charge in [0.2, 0.25) is 0 Å². The molecular weight excluding hydrogens is 278 g/mol. The Morgan fingerprint density at radius 3 is 2.65 bits per heavy atom. The van der Waals surface area contributed by atoms with Crippen molar-refractivity contribution in [1.82, 2.24) is 13.9 Å². The van der Waals surface area contributed by atoms with Crippen LogP contribution in [0.25, 0.3) is 0 Å². The number of sulfonamides is 1. The Labute approximate surface area is 120 Å². The van der Waals surface area contributed by atoms with Crippen molar-refractivity contribution in [2.75, 3.05) is 13.2 Å². The topological polar surface area (TPSA) is 75.4 Å². The normalized spacial score (nSPS) is 16.6. The maximum absolute atomic E-state index is 12.7. The van der Waals surface area contributed by atoms with Gasteiger partial charge in [-0.3, -0.25) is 0 Å². The third kappa shape index (κ3) is 2.89. The van der Waals surface area contributed by atoms with Crippen molar-refractivity contribution in [3.63, 3.8) is 0 Å². The van der Waals surface area contributed by atoms with Crippen molar-refractivity contribution in [2.45, 2.75) is 57.1 Å². The van der Waals surface area contributed by atoms with Crippen LogP contribution in [0.4, 0.5) is 0 Å². The molecule has 2 rings (SSSR count). The first-order valence-electron chi connectivity index (χ1n) is 7.17. The summed E-state index contributed by atoms with van der Waals surface area (Å²) in [7, 11) is -3.55. The number of aliphatic hydroxyl groups excluding tert-OH is 1. The van der Waals surface area contributed by atoms with Crippen LogP contribution in [0.5, 0.6) is 0 Å². The fourth-order valence-corrected chi connectivity index (χ4v) is 4.17. The summed E-state index contributed by atoms with van der Waals surface area (Å²) in [5.41, 5.74) is 0. The first-order valence-corrected chi connectivity index (χ1v) is 8.61. The van der Waals surface area contributed by atoms with Crippen LogP contribution in [0.15, 0.2) is 11.2 Å². The Kier molecular flexibility index (Phi) is 4.82. The van der Waals surface area contributed by atoms with Gasteiger partial charge in [0.15, 0.2) is 5.03 Å². The average Bonchev–Trinajstić information content (AvgIpc) is 2.73. The summed E-state index contributed by atoms with van der Waals surface area (Å²) >= 11 is 0. The molecule has 1 heterocycles. The van der Waals surface area contributed by atoms with Crippen LogP contribution in [0.1, 0.15) is 38.4 Å². The molecule has 7 heteroatoms. The Morgan fingerprint density at radius 1 is 1.50 bits per heavy atom. The van der Waals surface area contributed by atoms with Gasteiger partial charge in [-0.15, -0.1) is 0 Å². The lowest BCUT2D eigenvalue weighted by molar-refractivity contribution is 0.198. The minimum absolute atomic E-state index is 0.00116. The summed E-state index contributed by atoms with van der Waals surface area (Å²) in [6.45, 7) is 4.83. The highest BCUT2D eigenvalue weighted by Gasteiger charge is 2.35. The smallest absolute Gasteiger partial charge is 0.262 e. The van der Waals surface area contributed by atoms with Gasteiger partial charge in [0.05, 0.1) is 0 Å². The molecular formula is C13H23N3O3S. The fourth-order valence-electron chi connectivity index (χ4n) is 2.44. The number of aryl methyl sites for hydroxylation is 2. The van der Waals surface area contributed by atoms with Gasteiger partial charge in [0, 0.05) is 31.9 Å². The van der Waals surface area contributed by atoms with Crippen LogP contribution >= 0.6 is 0 Å². The van der Waals surface area contributed by atoms with E-state index in [1.54, 1.807) is 6.20 Å². The van der Waals surface area contributed by atoms with Crippen LogP contribution < -0.4 is 0 Å². The molecule has 0 radical (unpaired) electrons. The Hall–Kier alpha value is -0.920. The predicted molar refractivity (Wildman–Crippen MR) is 75.9 cm³/mol. The van der Waals surface area contributed by atoms with E-state index in [0.717, 1.165) is 19.3 Å². The van der Waals surface area contributed by atoms with Gasteiger partial charge in [-0.1, -0.05) is 6.42 Å². The number of nitrogens with zero attached hydrogens (tertiary/aromatic N) is 3. The van der Waals surface area contributed by atoms with Gasteiger partial charge in [0.1, 0.15) is 5.82 Å². The van der Waals surface area contributed by atoms with E-state index in [1.807, 2.05) is 18.4 Å². The summed E-state index contributed by atoms with van der Waals surface area (Å²) < 4.78 is 28.8. The third-order valence-electron chi connectivity index (χ3n) is 3.89. The molecule has 0 aliphatic heterocycles. The van der Waals surface area contributed by atoms with Crippen molar-refractivity contribution in [3.05, 3.63) is 12.0 Å². The maximum Gasteiger partial charge on any atom is 0.262 e. The zero-order valence-electron chi connectivity index (χ0n) is 12.1. The molecule has 1 aromatic heterocycles. The highest BCUT2D eigenvalue weighted by molar-refractivity contribution is 7.89. The molecule has 1 saturated carbocycles. The molecule has 1 aliphatic rings. The second-order valence-electron chi connectivity index (χ2n) is 5.19. The molecule has 1 N–H and O–H groups in total. The largest absolute Gasteiger partial charge is 0.396 e. The SMILES string of the molecule is CCn1cc(S(=O)(=O)N(CCCO)C2CCC2)nc1C. The van der Waals surface area contributed by atoms with Gasteiger partial charge in [0.25, 0.3) is 10.0 Å². The second-order valence-corrected chi connectivity index (χ2v) is 7.03. The number of hydrogen-bond donors (Lipinski definition) is 1. The second kappa shape index (κ2) is 6.24. The predicted octanol–water partition coefficient (Wildman–Crippen LogP) is 1.14. The highest BCUT2D eigenvalue weighted by atomic mass is 32.2. The van der Waals surface area contributed by atoms with Crippen molar-refractivity contribution >= 4 is 10.0 Å². The van der Waals surface area contributed by atoms with E-state index in [-0.39, 0.29) is 17.7 Å². The summed E-state index contributed by atoms with van der Waals surface area (Å²) in [6.07, 6.45) is 4.94. The number of hydrogen-bond acceptors (Lipinski definition) is 4. The number of aromatic nitrogens is 2. The number of rotatable bonds is 7. The monoisotopic (exact) mass is 301 g/mol. The van der Waals surface area contributed by atoms with Crippen molar-refractivity contribution in [1.29, 1.82) is 0 Å². The molecule has 1 aromatic rings. The summed E-state index contributed by atoms with van der Waals surface area (Å²) in [5, 5.41) is 9.10. The molecule has 0 saturated heterocycles. The molecule has 1 aliphatic carbocycles. The first kappa shape index (κ1) is 15.5. The summed E-state index contributed by atoms with van der Waals surface area (Å²) in [6, 6.07) is 0.0682. The van der Waals surface area contributed by atoms with E-state index in [1.165, 1.54) is 4.31 Å². The minimum atomic E-state index is -3.55. The standard InChI is InChI=1S/C13H23N3O3S/c1-3-15-10-13(14-11(15)2)20(18,19)16(8-5-9-17)12-6-4-7-12/h10,12,17H,3-9H2,1-2H3. The van der Waals surface area contributed by atoms with E-state index in [4.69, 9.17) is 5.11 Å². The van der Waals surface area contributed by atoms with E-state index in [0.29, 0.717) is 25.3 Å². The van der Waals surface area contributed by atoms with E-state index in [2.05, 4.69) is 4.98 Å². The first-order chi connectivity index (χ1) is 9.50. The summed E-state index contributed by atoms with van der Waals surface area (Å²) in [4.78, 5) is 4.19. The zero-order valence-corrected chi connectivity index (χ0v) is 12.9. The Bertz CT molecular complexity index is 549. The van der Waals surface area contributed by atoms with Gasteiger partial charge < -0.3 is 9.67 Å². The third-order valence-corrected chi connectivity index (χ3v) is 5.71. The van der Waals surface area contributed by atoms with Crippen LogP contribution in [0, 0.1) is 6.92 Å². The molecule has 1 fully saturated rings. The maximum atomic E-state index is 12.7.